The van der Waals surface area contributed by atoms with Crippen LogP contribution in [0.5, 0.6) is 5.75 Å². The smallest absolute Gasteiger partial charge is 0.325 e. The Hall–Kier alpha value is -3.08. The molecule has 1 atom stereocenters. The number of aryl methyl sites for hydroxylation is 1. The first-order valence-electron chi connectivity index (χ1n) is 7.94. The fourth-order valence-electron chi connectivity index (χ4n) is 2.08. The molecule has 0 aliphatic heterocycles. The first-order chi connectivity index (χ1) is 12.0. The minimum Gasteiger partial charge on any atom is -0.488 e. The lowest BCUT2D eigenvalue weighted by atomic mass is 10.1. The molecule has 0 fully saturated rings. The van der Waals surface area contributed by atoms with Crippen molar-refractivity contribution in [1.29, 1.82) is 0 Å². The summed E-state index contributed by atoms with van der Waals surface area (Å²) < 4.78 is 5.84. The standard InChI is InChI=1S/C20H21NO4/c1-14-7-9-16(10-8-14)13-25-18-6-4-3-5-17(18)11-12-19(22)21-15(2)20(23)24/h3-12,15H,13H2,1-2H3,(H,21,22)(H,23,24)/b12-11+. The Morgan fingerprint density at radius 2 is 1.84 bits per heavy atom. The fraction of sp³-hybridized carbons (Fsp3) is 0.200. The van der Waals surface area contributed by atoms with Crippen LogP contribution in [0.15, 0.2) is 54.6 Å². The highest BCUT2D eigenvalue weighted by molar-refractivity contribution is 5.94. The maximum atomic E-state index is 11.8. The number of rotatable bonds is 7. The molecule has 0 heterocycles. The summed E-state index contributed by atoms with van der Waals surface area (Å²) in [7, 11) is 0. The topological polar surface area (TPSA) is 75.6 Å². The molecule has 0 aliphatic carbocycles. The van der Waals surface area contributed by atoms with Crippen molar-refractivity contribution in [2.45, 2.75) is 26.5 Å². The highest BCUT2D eigenvalue weighted by Gasteiger charge is 2.11. The summed E-state index contributed by atoms with van der Waals surface area (Å²) in [5.74, 6) is -0.898. The van der Waals surface area contributed by atoms with E-state index in [1.54, 1.807) is 6.08 Å². The number of hydrogen-bond donors (Lipinski definition) is 2. The lowest BCUT2D eigenvalue weighted by Gasteiger charge is -2.10. The number of amides is 1. The summed E-state index contributed by atoms with van der Waals surface area (Å²) in [5.41, 5.74) is 2.99. The molecule has 0 bridgehead atoms. The highest BCUT2D eigenvalue weighted by atomic mass is 16.5. The molecular formula is C20H21NO4. The van der Waals surface area contributed by atoms with Gasteiger partial charge in [-0.2, -0.15) is 0 Å². The molecule has 2 aromatic carbocycles. The van der Waals surface area contributed by atoms with Gasteiger partial charge in [-0.1, -0.05) is 48.0 Å². The van der Waals surface area contributed by atoms with E-state index in [1.807, 2.05) is 55.5 Å². The van der Waals surface area contributed by atoms with E-state index in [-0.39, 0.29) is 0 Å². The predicted molar refractivity (Wildman–Crippen MR) is 96.2 cm³/mol. The normalized spacial score (nSPS) is 11.9. The maximum Gasteiger partial charge on any atom is 0.325 e. The molecule has 2 rings (SSSR count). The molecule has 2 N–H and O–H groups in total. The van der Waals surface area contributed by atoms with Crippen LogP contribution >= 0.6 is 0 Å². The zero-order valence-corrected chi connectivity index (χ0v) is 14.2. The van der Waals surface area contributed by atoms with E-state index in [9.17, 15) is 9.59 Å². The number of carbonyl (C=O) groups is 2. The Kier molecular flexibility index (Phi) is 6.34. The summed E-state index contributed by atoms with van der Waals surface area (Å²) in [6.45, 7) is 3.86. The van der Waals surface area contributed by atoms with Crippen molar-refractivity contribution in [3.8, 4) is 5.75 Å². The predicted octanol–water partition coefficient (Wildman–Crippen LogP) is 3.18. The van der Waals surface area contributed by atoms with Gasteiger partial charge >= 0.3 is 5.97 Å². The van der Waals surface area contributed by atoms with Crippen molar-refractivity contribution >= 4 is 18.0 Å². The lowest BCUT2D eigenvalue weighted by molar-refractivity contribution is -0.140. The van der Waals surface area contributed by atoms with Crippen molar-refractivity contribution in [3.05, 3.63) is 71.3 Å². The molecule has 0 spiro atoms. The van der Waals surface area contributed by atoms with Gasteiger partial charge in [-0.05, 0) is 31.6 Å². The first kappa shape index (κ1) is 18.3. The van der Waals surface area contributed by atoms with Crippen LogP contribution in [-0.4, -0.2) is 23.0 Å². The molecular weight excluding hydrogens is 318 g/mol. The van der Waals surface area contributed by atoms with Gasteiger partial charge in [-0.25, -0.2) is 0 Å². The second-order valence-corrected chi connectivity index (χ2v) is 5.71. The van der Waals surface area contributed by atoms with Gasteiger partial charge in [-0.3, -0.25) is 9.59 Å². The molecule has 130 valence electrons. The zero-order valence-electron chi connectivity index (χ0n) is 14.2. The van der Waals surface area contributed by atoms with Crippen LogP contribution in [0.1, 0.15) is 23.6 Å². The van der Waals surface area contributed by atoms with Crippen molar-refractivity contribution < 1.29 is 19.4 Å². The van der Waals surface area contributed by atoms with Crippen molar-refractivity contribution in [1.82, 2.24) is 5.32 Å². The van der Waals surface area contributed by atoms with E-state index < -0.39 is 17.9 Å². The summed E-state index contributed by atoms with van der Waals surface area (Å²) in [6, 6.07) is 14.5. The van der Waals surface area contributed by atoms with Gasteiger partial charge in [0.2, 0.25) is 5.91 Å². The van der Waals surface area contributed by atoms with Crippen LogP contribution < -0.4 is 10.1 Å². The number of carboxylic acid groups (broad SMARTS) is 1. The molecule has 0 radical (unpaired) electrons. The molecule has 1 amide bonds. The number of benzene rings is 2. The van der Waals surface area contributed by atoms with Gasteiger partial charge < -0.3 is 15.2 Å². The monoisotopic (exact) mass is 339 g/mol. The zero-order chi connectivity index (χ0) is 18.2. The van der Waals surface area contributed by atoms with Gasteiger partial charge in [0.25, 0.3) is 0 Å². The molecule has 0 aromatic heterocycles. The third-order valence-corrected chi connectivity index (χ3v) is 3.58. The van der Waals surface area contributed by atoms with Crippen LogP contribution in [0.25, 0.3) is 6.08 Å². The van der Waals surface area contributed by atoms with Crippen molar-refractivity contribution in [3.63, 3.8) is 0 Å². The quantitative estimate of drug-likeness (QED) is 0.760. The number of carboxylic acids is 1. The Balaban J connectivity index is 2.02. The third kappa shape index (κ3) is 5.80. The van der Waals surface area contributed by atoms with Crippen molar-refractivity contribution in [2.24, 2.45) is 0 Å². The van der Waals surface area contributed by atoms with Crippen LogP contribution in [0.3, 0.4) is 0 Å². The minimum atomic E-state index is -1.08. The number of aliphatic carboxylic acids is 1. The van der Waals surface area contributed by atoms with Crippen LogP contribution in [0.2, 0.25) is 0 Å². The van der Waals surface area contributed by atoms with E-state index in [4.69, 9.17) is 9.84 Å². The summed E-state index contributed by atoms with van der Waals surface area (Å²) in [6.07, 6.45) is 2.90. The Morgan fingerprint density at radius 3 is 2.52 bits per heavy atom. The Morgan fingerprint density at radius 1 is 1.16 bits per heavy atom. The van der Waals surface area contributed by atoms with Crippen LogP contribution in [0, 0.1) is 6.92 Å². The molecule has 0 saturated heterocycles. The number of carbonyl (C=O) groups excluding carboxylic acids is 1. The Labute approximate surface area is 146 Å². The van der Waals surface area contributed by atoms with Gasteiger partial charge in [0.05, 0.1) is 0 Å². The summed E-state index contributed by atoms with van der Waals surface area (Å²) in [5, 5.41) is 11.2. The van der Waals surface area contributed by atoms with Crippen molar-refractivity contribution in [2.75, 3.05) is 0 Å². The fourth-order valence-corrected chi connectivity index (χ4v) is 2.08. The van der Waals surface area contributed by atoms with E-state index in [1.165, 1.54) is 18.6 Å². The number of nitrogens with one attached hydrogen (secondary N) is 1. The number of hydrogen-bond acceptors (Lipinski definition) is 3. The summed E-state index contributed by atoms with van der Waals surface area (Å²) in [4.78, 5) is 22.5. The largest absolute Gasteiger partial charge is 0.488 e. The van der Waals surface area contributed by atoms with E-state index in [2.05, 4.69) is 5.32 Å². The average molecular weight is 339 g/mol. The first-order valence-corrected chi connectivity index (χ1v) is 7.94. The molecule has 0 saturated carbocycles. The van der Waals surface area contributed by atoms with E-state index in [0.717, 1.165) is 11.1 Å². The third-order valence-electron chi connectivity index (χ3n) is 3.58. The lowest BCUT2D eigenvalue weighted by Crippen LogP contribution is -2.37. The molecule has 5 nitrogen and oxygen atoms in total. The maximum absolute atomic E-state index is 11.8. The van der Waals surface area contributed by atoms with Crippen LogP contribution in [0.4, 0.5) is 0 Å². The summed E-state index contributed by atoms with van der Waals surface area (Å²) >= 11 is 0. The van der Waals surface area contributed by atoms with Gasteiger partial charge in [0.15, 0.2) is 0 Å². The minimum absolute atomic E-state index is 0.424. The van der Waals surface area contributed by atoms with Gasteiger partial charge in [0.1, 0.15) is 18.4 Å². The highest BCUT2D eigenvalue weighted by Crippen LogP contribution is 2.21. The molecule has 5 heteroatoms. The van der Waals surface area contributed by atoms with Gasteiger partial charge in [-0.15, -0.1) is 0 Å². The SMILES string of the molecule is Cc1ccc(COc2ccccc2/C=C/C(=O)NC(C)C(=O)O)cc1. The van der Waals surface area contributed by atoms with Crippen LogP contribution in [-0.2, 0) is 16.2 Å². The molecule has 2 aromatic rings. The van der Waals surface area contributed by atoms with Gasteiger partial charge in [0, 0.05) is 11.6 Å². The molecule has 1 unspecified atom stereocenters. The molecule has 25 heavy (non-hydrogen) atoms. The average Bonchev–Trinajstić information content (AvgIpc) is 2.60. The Bertz CT molecular complexity index is 766. The van der Waals surface area contributed by atoms with E-state index in [0.29, 0.717) is 12.4 Å². The number of ether oxygens (including phenoxy) is 1. The number of para-hydroxylation sites is 1. The second kappa shape index (κ2) is 8.68. The van der Waals surface area contributed by atoms with E-state index >= 15 is 0 Å². The second-order valence-electron chi connectivity index (χ2n) is 5.71. The molecule has 0 aliphatic rings.